The monoisotopic (exact) mass is 356 g/mol. The zero-order valence-electron chi connectivity index (χ0n) is 9.48. The van der Waals surface area contributed by atoms with Gasteiger partial charge in [0.15, 0.2) is 9.84 Å². The summed E-state index contributed by atoms with van der Waals surface area (Å²) in [5, 5.41) is -1.67. The summed E-state index contributed by atoms with van der Waals surface area (Å²) in [7, 11) is -3.91. The molecule has 0 heterocycles. The minimum Gasteiger partial charge on any atom is -0.229 e. The van der Waals surface area contributed by atoms with Crippen molar-refractivity contribution < 1.29 is 21.6 Å². The Hall–Kier alpha value is 0.510. The molecule has 1 fully saturated rings. The number of sulfone groups is 1. The van der Waals surface area contributed by atoms with Crippen LogP contribution in [-0.4, -0.2) is 29.9 Å². The third kappa shape index (κ3) is 2.92. The van der Waals surface area contributed by atoms with Crippen LogP contribution in [0.3, 0.4) is 0 Å². The molecule has 3 unspecified atom stereocenters. The molecule has 17 heavy (non-hydrogen) atoms. The normalized spacial score (nSPS) is 29.5. The van der Waals surface area contributed by atoms with Gasteiger partial charge < -0.3 is 0 Å². The van der Waals surface area contributed by atoms with Crippen LogP contribution in [0.15, 0.2) is 0 Å². The Morgan fingerprint density at radius 1 is 1.41 bits per heavy atom. The Balaban J connectivity index is 3.20. The topological polar surface area (TPSA) is 34.1 Å². The lowest BCUT2D eigenvalue weighted by Gasteiger charge is -2.31. The smallest absolute Gasteiger partial charge is 0.229 e. The van der Waals surface area contributed by atoms with Crippen LogP contribution >= 0.6 is 27.5 Å². The van der Waals surface area contributed by atoms with E-state index in [9.17, 15) is 21.6 Å². The average Bonchev–Trinajstić information content (AvgIpc) is 2.51. The van der Waals surface area contributed by atoms with Gasteiger partial charge in [-0.1, -0.05) is 41.4 Å². The zero-order valence-corrected chi connectivity index (χ0v) is 12.6. The lowest BCUT2D eigenvalue weighted by Crippen LogP contribution is -2.50. The van der Waals surface area contributed by atoms with Gasteiger partial charge in [0.1, 0.15) is 5.25 Å². The molecule has 0 aromatic heterocycles. The standard InChI is InChI=1S/C9H13BrClF3O2S/c1-7(2)4-5(7)6(17(3,15)16)8(10,11)9(12,13)14/h5-6H,4H2,1-3H3. The van der Waals surface area contributed by atoms with Gasteiger partial charge in [0.05, 0.1) is 0 Å². The Morgan fingerprint density at radius 3 is 1.94 bits per heavy atom. The Morgan fingerprint density at radius 2 is 1.76 bits per heavy atom. The van der Waals surface area contributed by atoms with Crippen LogP contribution in [0.25, 0.3) is 0 Å². The molecule has 1 saturated carbocycles. The molecule has 0 N–H and O–H groups in total. The van der Waals surface area contributed by atoms with Crippen molar-refractivity contribution in [3.63, 3.8) is 0 Å². The number of halogens is 5. The van der Waals surface area contributed by atoms with Crippen LogP contribution < -0.4 is 0 Å². The highest BCUT2D eigenvalue weighted by molar-refractivity contribution is 9.10. The molecule has 1 aliphatic carbocycles. The molecule has 0 aliphatic heterocycles. The molecule has 0 radical (unpaired) electrons. The first-order chi connectivity index (χ1) is 7.21. The van der Waals surface area contributed by atoms with Gasteiger partial charge in [-0.3, -0.25) is 0 Å². The summed E-state index contributed by atoms with van der Waals surface area (Å²) in [5.74, 6) is -0.587. The van der Waals surface area contributed by atoms with Gasteiger partial charge in [0.2, 0.25) is 3.78 Å². The minimum atomic E-state index is -4.83. The van der Waals surface area contributed by atoms with Crippen molar-refractivity contribution >= 4 is 37.4 Å². The maximum absolute atomic E-state index is 12.8. The van der Waals surface area contributed by atoms with E-state index in [2.05, 4.69) is 15.9 Å². The predicted octanol–water partition coefficient (Wildman–Crippen LogP) is 3.34. The largest absolute Gasteiger partial charge is 0.418 e. The fraction of sp³-hybridized carbons (Fsp3) is 1.00. The summed E-state index contributed by atoms with van der Waals surface area (Å²) in [6.45, 7) is 3.46. The van der Waals surface area contributed by atoms with Gasteiger partial charge in [0, 0.05) is 6.26 Å². The fourth-order valence-electron chi connectivity index (χ4n) is 2.01. The second kappa shape index (κ2) is 4.00. The van der Waals surface area contributed by atoms with Gasteiger partial charge in [-0.15, -0.1) is 0 Å². The fourth-order valence-corrected chi connectivity index (χ4v) is 5.71. The highest BCUT2D eigenvalue weighted by Gasteiger charge is 2.68. The van der Waals surface area contributed by atoms with Gasteiger partial charge >= 0.3 is 6.18 Å². The van der Waals surface area contributed by atoms with Crippen molar-refractivity contribution in [2.24, 2.45) is 11.3 Å². The van der Waals surface area contributed by atoms with E-state index in [-0.39, 0.29) is 0 Å². The van der Waals surface area contributed by atoms with E-state index in [0.717, 1.165) is 6.26 Å². The number of rotatable bonds is 3. The quantitative estimate of drug-likeness (QED) is 0.726. The molecule has 1 aliphatic rings. The molecule has 0 bridgehead atoms. The van der Waals surface area contributed by atoms with Crippen LogP contribution in [0.2, 0.25) is 0 Å². The van der Waals surface area contributed by atoms with E-state index >= 15 is 0 Å². The van der Waals surface area contributed by atoms with E-state index in [1.54, 1.807) is 13.8 Å². The summed E-state index contributed by atoms with van der Waals surface area (Å²) in [6.07, 6.45) is -3.63. The lowest BCUT2D eigenvalue weighted by molar-refractivity contribution is -0.139. The van der Waals surface area contributed by atoms with Crippen LogP contribution in [0, 0.1) is 11.3 Å². The average molecular weight is 358 g/mol. The number of alkyl halides is 5. The molecule has 0 amide bonds. The van der Waals surface area contributed by atoms with Crippen molar-refractivity contribution in [1.29, 1.82) is 0 Å². The predicted molar refractivity (Wildman–Crippen MR) is 64.1 cm³/mol. The third-order valence-corrected chi connectivity index (χ3v) is 6.58. The van der Waals surface area contributed by atoms with Crippen LogP contribution in [-0.2, 0) is 9.84 Å². The zero-order chi connectivity index (χ0) is 13.9. The molecule has 0 aromatic carbocycles. The van der Waals surface area contributed by atoms with Crippen molar-refractivity contribution in [3.05, 3.63) is 0 Å². The summed E-state index contributed by atoms with van der Waals surface area (Å²) in [5.41, 5.74) is -0.424. The van der Waals surface area contributed by atoms with E-state index < -0.39 is 36.4 Å². The first kappa shape index (κ1) is 15.6. The van der Waals surface area contributed by atoms with Crippen molar-refractivity contribution in [3.8, 4) is 0 Å². The maximum atomic E-state index is 12.8. The molecular formula is C9H13BrClF3O2S. The van der Waals surface area contributed by atoms with E-state index in [1.807, 2.05) is 0 Å². The molecular weight excluding hydrogens is 345 g/mol. The van der Waals surface area contributed by atoms with Crippen molar-refractivity contribution in [1.82, 2.24) is 0 Å². The van der Waals surface area contributed by atoms with E-state index in [1.165, 1.54) is 0 Å². The van der Waals surface area contributed by atoms with Gasteiger partial charge in [-0.05, 0) is 17.8 Å². The van der Waals surface area contributed by atoms with Crippen LogP contribution in [0.5, 0.6) is 0 Å². The maximum Gasteiger partial charge on any atom is 0.418 e. The lowest BCUT2D eigenvalue weighted by atomic mass is 10.1. The SMILES string of the molecule is CC1(C)CC1C(C(Cl)(Br)C(F)(F)F)S(C)(=O)=O. The van der Waals surface area contributed by atoms with E-state index in [0.29, 0.717) is 6.42 Å². The third-order valence-electron chi connectivity index (χ3n) is 3.15. The van der Waals surface area contributed by atoms with E-state index in [4.69, 9.17) is 11.6 Å². The molecule has 102 valence electrons. The second-order valence-electron chi connectivity index (χ2n) is 5.17. The molecule has 8 heteroatoms. The number of hydrogen-bond donors (Lipinski definition) is 0. The summed E-state index contributed by atoms with van der Waals surface area (Å²) in [6, 6.07) is 0. The highest BCUT2D eigenvalue weighted by Crippen LogP contribution is 2.61. The minimum absolute atomic E-state index is 0.418. The van der Waals surface area contributed by atoms with Crippen molar-refractivity contribution in [2.75, 3.05) is 6.26 Å². The first-order valence-electron chi connectivity index (χ1n) is 4.84. The molecule has 1 rings (SSSR count). The Kier molecular flexibility index (Phi) is 3.66. The summed E-state index contributed by atoms with van der Waals surface area (Å²) in [4.78, 5) is 0. The molecule has 3 atom stereocenters. The van der Waals surface area contributed by atoms with Gasteiger partial charge in [0.25, 0.3) is 0 Å². The molecule has 0 saturated heterocycles. The Bertz CT molecular complexity index is 416. The Labute approximate surface area is 112 Å². The van der Waals surface area contributed by atoms with Gasteiger partial charge in [-0.25, -0.2) is 8.42 Å². The van der Waals surface area contributed by atoms with Crippen LogP contribution in [0.1, 0.15) is 20.3 Å². The van der Waals surface area contributed by atoms with Gasteiger partial charge in [-0.2, -0.15) is 13.2 Å². The molecule has 0 spiro atoms. The second-order valence-corrected chi connectivity index (χ2v) is 9.64. The molecule has 2 nitrogen and oxygen atoms in total. The number of hydrogen-bond acceptors (Lipinski definition) is 2. The highest BCUT2D eigenvalue weighted by atomic mass is 79.9. The summed E-state index contributed by atoms with van der Waals surface area (Å²) < 4.78 is 58.7. The summed E-state index contributed by atoms with van der Waals surface area (Å²) >= 11 is 7.80. The molecule has 0 aromatic rings. The van der Waals surface area contributed by atoms with Crippen LogP contribution in [0.4, 0.5) is 13.2 Å². The first-order valence-corrected chi connectivity index (χ1v) is 7.97. The van der Waals surface area contributed by atoms with Crippen molar-refractivity contribution in [2.45, 2.75) is 35.5 Å².